The van der Waals surface area contributed by atoms with E-state index in [0.717, 1.165) is 44.9 Å². The largest absolute Gasteiger partial charge is 0.457 e. The highest BCUT2D eigenvalue weighted by molar-refractivity contribution is 5.76. The van der Waals surface area contributed by atoms with Crippen LogP contribution in [0.15, 0.2) is 0 Å². The van der Waals surface area contributed by atoms with Crippen molar-refractivity contribution < 1.29 is 38.7 Å². The molecule has 7 fully saturated rings. The predicted molar refractivity (Wildman–Crippen MR) is 189 cm³/mol. The Balaban J connectivity index is 1.09. The van der Waals surface area contributed by atoms with Gasteiger partial charge in [0.2, 0.25) is 5.91 Å². The molecule has 2 heterocycles. The van der Waals surface area contributed by atoms with Crippen LogP contribution in [0, 0.1) is 51.2 Å². The number of carbonyl (C=O) groups excluding carboxylic acids is 2. The summed E-state index contributed by atoms with van der Waals surface area (Å²) < 4.78 is 25.5. The molecule has 284 valence electrons. The number of aliphatic hydroxyl groups excluding tert-OH is 1. The van der Waals surface area contributed by atoms with E-state index in [-0.39, 0.29) is 57.9 Å². The molecule has 5 saturated carbocycles. The third-order valence-corrected chi connectivity index (χ3v) is 16.0. The normalized spacial score (nSPS) is 46.4. The summed E-state index contributed by atoms with van der Waals surface area (Å²) in [4.78, 5) is 27.0. The van der Waals surface area contributed by atoms with Crippen LogP contribution in [0.1, 0.15) is 132 Å². The van der Waals surface area contributed by atoms with Crippen molar-refractivity contribution >= 4 is 11.9 Å². The van der Waals surface area contributed by atoms with E-state index >= 15 is 0 Å². The van der Waals surface area contributed by atoms with E-state index in [1.807, 2.05) is 4.90 Å². The van der Waals surface area contributed by atoms with Gasteiger partial charge in [-0.05, 0) is 124 Å². The number of hydrogen-bond acceptors (Lipinski definition) is 8. The average Bonchev–Trinajstić information content (AvgIpc) is 3.84. The molecule has 50 heavy (non-hydrogen) atoms. The third kappa shape index (κ3) is 6.09. The fraction of sp³-hybridized carbons (Fsp3) is 0.951. The van der Waals surface area contributed by atoms with Crippen LogP contribution in [0.5, 0.6) is 0 Å². The number of amides is 1. The van der Waals surface area contributed by atoms with Gasteiger partial charge in [-0.15, -0.1) is 0 Å². The predicted octanol–water partition coefficient (Wildman–Crippen LogP) is 6.26. The van der Waals surface area contributed by atoms with Gasteiger partial charge >= 0.3 is 5.97 Å². The van der Waals surface area contributed by atoms with Gasteiger partial charge in [-0.25, -0.2) is 0 Å². The quantitative estimate of drug-likeness (QED) is 0.299. The summed E-state index contributed by atoms with van der Waals surface area (Å²) in [7, 11) is 0. The first-order valence-corrected chi connectivity index (χ1v) is 20.2. The zero-order valence-electron chi connectivity index (χ0n) is 32.2. The van der Waals surface area contributed by atoms with E-state index in [1.54, 1.807) is 13.8 Å². The van der Waals surface area contributed by atoms with Gasteiger partial charge < -0.3 is 34.1 Å². The molecule has 2 saturated heterocycles. The van der Waals surface area contributed by atoms with Gasteiger partial charge in [-0.1, -0.05) is 41.0 Å². The number of ether oxygens (including phenoxy) is 4. The van der Waals surface area contributed by atoms with Gasteiger partial charge in [0.25, 0.3) is 0 Å². The Hall–Kier alpha value is -1.26. The number of carbonyl (C=O) groups is 2. The summed E-state index contributed by atoms with van der Waals surface area (Å²) in [6.07, 6.45) is 10.00. The summed E-state index contributed by atoms with van der Waals surface area (Å²) in [5, 5.41) is 23.6. The molecule has 1 spiro atoms. The average molecular weight is 702 g/mol. The van der Waals surface area contributed by atoms with Gasteiger partial charge in [0, 0.05) is 25.3 Å². The van der Waals surface area contributed by atoms with Crippen LogP contribution in [0.25, 0.3) is 0 Å². The van der Waals surface area contributed by atoms with Crippen LogP contribution in [-0.2, 0) is 28.5 Å². The molecular formula is C41H67NO8. The highest BCUT2D eigenvalue weighted by atomic mass is 16.7. The molecule has 5 aliphatic carbocycles. The van der Waals surface area contributed by atoms with Crippen molar-refractivity contribution in [1.82, 2.24) is 4.90 Å². The fourth-order valence-electron chi connectivity index (χ4n) is 13.3. The second kappa shape index (κ2) is 13.0. The Morgan fingerprint density at radius 1 is 1.04 bits per heavy atom. The molecular weight excluding hydrogens is 634 g/mol. The lowest BCUT2D eigenvalue weighted by Crippen LogP contribution is -2.60. The molecule has 0 aromatic heterocycles. The number of aliphatic hydroxyl groups is 2. The van der Waals surface area contributed by atoms with Crippen LogP contribution < -0.4 is 0 Å². The van der Waals surface area contributed by atoms with Crippen molar-refractivity contribution in [2.75, 3.05) is 19.7 Å². The van der Waals surface area contributed by atoms with E-state index in [4.69, 9.17) is 18.9 Å². The summed E-state index contributed by atoms with van der Waals surface area (Å²) in [5.74, 6) is 1.74. The Bertz CT molecular complexity index is 1290. The molecule has 2 N–H and O–H groups in total. The number of nitrogens with zero attached hydrogens (tertiary/aromatic N) is 1. The van der Waals surface area contributed by atoms with Crippen LogP contribution in [-0.4, -0.2) is 89.1 Å². The minimum Gasteiger partial charge on any atom is -0.457 e. The number of morpholine rings is 1. The summed E-state index contributed by atoms with van der Waals surface area (Å²) in [6, 6.07) is 0. The second-order valence-electron chi connectivity index (χ2n) is 19.7. The number of rotatable bonds is 7. The zero-order valence-corrected chi connectivity index (χ0v) is 32.2. The fourth-order valence-corrected chi connectivity index (χ4v) is 13.3. The SMILES string of the molecule is CC(=O)OC(C1CC(C)C2C(O1)C(O)C1(C)C3CCC4C(CCCC21C)(CCC(OC1CN(C(=O)CC2CC2)CCO1)C4(C)C)C3)C(C)(C)O. The molecule has 2 bridgehead atoms. The summed E-state index contributed by atoms with van der Waals surface area (Å²) in [5.41, 5.74) is -1.51. The Labute approximate surface area is 300 Å². The van der Waals surface area contributed by atoms with Crippen LogP contribution >= 0.6 is 0 Å². The number of fused-ring (bicyclic) bond motifs is 5. The van der Waals surface area contributed by atoms with Crippen molar-refractivity contribution in [3.05, 3.63) is 0 Å². The molecule has 0 radical (unpaired) electrons. The van der Waals surface area contributed by atoms with Crippen molar-refractivity contribution in [3.8, 4) is 0 Å². The van der Waals surface area contributed by atoms with Crippen molar-refractivity contribution in [2.45, 2.75) is 175 Å². The number of esters is 1. The Morgan fingerprint density at radius 2 is 1.78 bits per heavy atom. The first-order chi connectivity index (χ1) is 23.4. The highest BCUT2D eigenvalue weighted by Crippen LogP contribution is 2.73. The highest BCUT2D eigenvalue weighted by Gasteiger charge is 2.72. The maximum atomic E-state index is 12.9. The van der Waals surface area contributed by atoms with Crippen molar-refractivity contribution in [3.63, 3.8) is 0 Å². The summed E-state index contributed by atoms with van der Waals surface area (Å²) in [6.45, 7) is 18.4. The summed E-state index contributed by atoms with van der Waals surface area (Å²) >= 11 is 0. The Kier molecular flexibility index (Phi) is 9.60. The van der Waals surface area contributed by atoms with Gasteiger partial charge in [-0.2, -0.15) is 0 Å². The lowest BCUT2D eigenvalue weighted by Gasteiger charge is -2.64. The van der Waals surface area contributed by atoms with Gasteiger partial charge in [-0.3, -0.25) is 9.59 Å². The van der Waals surface area contributed by atoms with Crippen molar-refractivity contribution in [1.29, 1.82) is 0 Å². The molecule has 7 rings (SSSR count). The van der Waals surface area contributed by atoms with Gasteiger partial charge in [0.1, 0.15) is 0 Å². The molecule has 13 atom stereocenters. The molecule has 13 unspecified atom stereocenters. The minimum absolute atomic E-state index is 0.0355. The first kappa shape index (κ1) is 37.1. The minimum atomic E-state index is -1.27. The smallest absolute Gasteiger partial charge is 0.303 e. The molecule has 0 aromatic rings. The van der Waals surface area contributed by atoms with E-state index < -0.39 is 29.9 Å². The van der Waals surface area contributed by atoms with E-state index in [1.165, 1.54) is 26.2 Å². The number of hydrogen-bond donors (Lipinski definition) is 2. The monoisotopic (exact) mass is 701 g/mol. The van der Waals surface area contributed by atoms with Crippen molar-refractivity contribution in [2.24, 2.45) is 51.2 Å². The van der Waals surface area contributed by atoms with Gasteiger partial charge in [0.05, 0.1) is 43.2 Å². The second-order valence-corrected chi connectivity index (χ2v) is 19.7. The lowest BCUT2D eigenvalue weighted by atomic mass is 9.41. The van der Waals surface area contributed by atoms with Crippen LogP contribution in [0.3, 0.4) is 0 Å². The Morgan fingerprint density at radius 3 is 2.46 bits per heavy atom. The maximum absolute atomic E-state index is 12.9. The lowest BCUT2D eigenvalue weighted by molar-refractivity contribution is -0.253. The zero-order chi connectivity index (χ0) is 36.0. The van der Waals surface area contributed by atoms with Crippen LogP contribution in [0.4, 0.5) is 0 Å². The molecule has 0 aromatic carbocycles. The standard InChI is InChI=1S/C41H67NO8/c1-24-20-28(36(38(5,6)46)48-25(2)43)49-34-33(24)39(7)15-9-16-41-17-14-30(50-32-23-42(18-19-47-32)31(44)21-26-10-11-26)37(3,4)29(41)13-12-27(22-41)40(39,8)35(34)45/h24,26-30,32-36,45-46H,9-23H2,1-8H3. The van der Waals surface area contributed by atoms with Crippen LogP contribution in [0.2, 0.25) is 0 Å². The molecule has 1 amide bonds. The van der Waals surface area contributed by atoms with Gasteiger partial charge in [0.15, 0.2) is 12.4 Å². The maximum Gasteiger partial charge on any atom is 0.303 e. The molecule has 7 aliphatic rings. The molecule has 2 aliphatic heterocycles. The van der Waals surface area contributed by atoms with E-state index in [9.17, 15) is 19.8 Å². The first-order valence-electron chi connectivity index (χ1n) is 20.2. The molecule has 9 heteroatoms. The molecule has 9 nitrogen and oxygen atoms in total. The third-order valence-electron chi connectivity index (χ3n) is 16.0. The van der Waals surface area contributed by atoms with E-state index in [2.05, 4.69) is 34.6 Å². The topological polar surface area (TPSA) is 115 Å². The van der Waals surface area contributed by atoms with E-state index in [0.29, 0.717) is 50.3 Å².